The van der Waals surface area contributed by atoms with Crippen LogP contribution >= 0.6 is 12.4 Å². The fourth-order valence-electron chi connectivity index (χ4n) is 1.59. The van der Waals surface area contributed by atoms with Gasteiger partial charge in [0.15, 0.2) is 0 Å². The van der Waals surface area contributed by atoms with E-state index in [-0.39, 0.29) is 24.4 Å². The summed E-state index contributed by atoms with van der Waals surface area (Å²) in [4.78, 5) is 13.5. The van der Waals surface area contributed by atoms with Crippen LogP contribution in [0.1, 0.15) is 13.3 Å². The van der Waals surface area contributed by atoms with Gasteiger partial charge in [-0.3, -0.25) is 9.69 Å². The maximum Gasteiger partial charge on any atom is 0.234 e. The van der Waals surface area contributed by atoms with Crippen LogP contribution in [0.15, 0.2) is 0 Å². The number of rotatable bonds is 5. The Kier molecular flexibility index (Phi) is 8.56. The lowest BCUT2D eigenvalue weighted by Gasteiger charge is -2.31. The van der Waals surface area contributed by atoms with Gasteiger partial charge < -0.3 is 15.8 Å². The molecule has 1 atom stereocenters. The monoisotopic (exact) mass is 251 g/mol. The Morgan fingerprint density at radius 1 is 1.62 bits per heavy atom. The summed E-state index contributed by atoms with van der Waals surface area (Å²) in [7, 11) is 0. The Morgan fingerprint density at radius 2 is 2.38 bits per heavy atom. The molecule has 1 heterocycles. The Balaban J connectivity index is 0.00000225. The molecule has 96 valence electrons. The summed E-state index contributed by atoms with van der Waals surface area (Å²) in [5, 5.41) is 2.86. The van der Waals surface area contributed by atoms with Gasteiger partial charge in [-0.2, -0.15) is 0 Å². The Morgan fingerprint density at radius 3 is 3.00 bits per heavy atom. The van der Waals surface area contributed by atoms with Crippen LogP contribution in [0.25, 0.3) is 0 Å². The Hall–Kier alpha value is -0.360. The van der Waals surface area contributed by atoms with Crippen LogP contribution in [0, 0.1) is 0 Å². The number of hydrogen-bond acceptors (Lipinski definition) is 4. The maximum absolute atomic E-state index is 11.4. The van der Waals surface area contributed by atoms with E-state index in [9.17, 15) is 4.79 Å². The van der Waals surface area contributed by atoms with Gasteiger partial charge in [0.2, 0.25) is 5.91 Å². The van der Waals surface area contributed by atoms with Crippen LogP contribution in [-0.2, 0) is 9.53 Å². The summed E-state index contributed by atoms with van der Waals surface area (Å²) in [5.74, 6) is 0.0921. The molecule has 1 rings (SSSR count). The van der Waals surface area contributed by atoms with Gasteiger partial charge in [-0.1, -0.05) is 6.92 Å². The van der Waals surface area contributed by atoms with Gasteiger partial charge in [-0.15, -0.1) is 12.4 Å². The van der Waals surface area contributed by atoms with Gasteiger partial charge in [0.05, 0.1) is 19.3 Å². The molecule has 1 fully saturated rings. The maximum atomic E-state index is 11.4. The van der Waals surface area contributed by atoms with E-state index in [1.807, 2.05) is 6.92 Å². The minimum Gasteiger partial charge on any atom is -0.374 e. The fraction of sp³-hybridized carbons (Fsp3) is 0.900. The molecule has 3 N–H and O–H groups in total. The van der Waals surface area contributed by atoms with Crippen LogP contribution in [0.5, 0.6) is 0 Å². The molecule has 0 radical (unpaired) electrons. The van der Waals surface area contributed by atoms with Crippen molar-refractivity contribution < 1.29 is 9.53 Å². The minimum absolute atomic E-state index is 0. The van der Waals surface area contributed by atoms with Crippen molar-refractivity contribution in [2.75, 3.05) is 39.3 Å². The second kappa shape index (κ2) is 8.75. The van der Waals surface area contributed by atoms with Crippen LogP contribution in [0.3, 0.4) is 0 Å². The van der Waals surface area contributed by atoms with Gasteiger partial charge >= 0.3 is 0 Å². The van der Waals surface area contributed by atoms with E-state index < -0.39 is 0 Å². The molecule has 0 aliphatic carbocycles. The van der Waals surface area contributed by atoms with Crippen molar-refractivity contribution in [1.29, 1.82) is 0 Å². The molecule has 0 saturated carbocycles. The van der Waals surface area contributed by atoms with E-state index >= 15 is 0 Å². The van der Waals surface area contributed by atoms with E-state index in [0.29, 0.717) is 19.7 Å². The Labute approximate surface area is 103 Å². The van der Waals surface area contributed by atoms with Gasteiger partial charge in [0.1, 0.15) is 0 Å². The van der Waals surface area contributed by atoms with Crippen molar-refractivity contribution in [3.8, 4) is 0 Å². The van der Waals surface area contributed by atoms with Crippen molar-refractivity contribution in [2.45, 2.75) is 19.4 Å². The minimum atomic E-state index is 0. The van der Waals surface area contributed by atoms with E-state index in [0.717, 1.165) is 26.1 Å². The molecule has 1 aliphatic heterocycles. The lowest BCUT2D eigenvalue weighted by atomic mass is 10.2. The van der Waals surface area contributed by atoms with Crippen LogP contribution in [0.2, 0.25) is 0 Å². The normalized spacial score (nSPS) is 21.2. The number of morpholine rings is 1. The van der Waals surface area contributed by atoms with Crippen LogP contribution in [0.4, 0.5) is 0 Å². The van der Waals surface area contributed by atoms with Crippen molar-refractivity contribution in [3.63, 3.8) is 0 Å². The van der Waals surface area contributed by atoms with Crippen molar-refractivity contribution >= 4 is 18.3 Å². The first-order chi connectivity index (χ1) is 7.26. The molecule has 5 nitrogen and oxygen atoms in total. The predicted octanol–water partition coefficient (Wildman–Crippen LogP) is -0.406. The highest BCUT2D eigenvalue weighted by molar-refractivity contribution is 5.85. The first kappa shape index (κ1) is 15.6. The molecule has 0 aromatic carbocycles. The number of hydrogen-bond donors (Lipinski definition) is 2. The first-order valence-electron chi connectivity index (χ1n) is 5.57. The standard InChI is InChI=1S/C10H21N3O2.ClH/c1-2-3-12-10(14)8-13-4-5-15-9(6-11)7-13;/h9H,2-8,11H2,1H3,(H,12,14);1H. The third-order valence-electron chi connectivity index (χ3n) is 2.43. The van der Waals surface area contributed by atoms with Crippen molar-refractivity contribution in [1.82, 2.24) is 10.2 Å². The van der Waals surface area contributed by atoms with Crippen molar-refractivity contribution in [3.05, 3.63) is 0 Å². The van der Waals surface area contributed by atoms with Gasteiger partial charge in [0, 0.05) is 26.2 Å². The molecule has 16 heavy (non-hydrogen) atoms. The SMILES string of the molecule is CCCNC(=O)CN1CCOC(CN)C1.Cl. The smallest absolute Gasteiger partial charge is 0.234 e. The average Bonchev–Trinajstić information content (AvgIpc) is 2.26. The summed E-state index contributed by atoms with van der Waals surface area (Å²) in [6.07, 6.45) is 1.05. The second-order valence-corrected chi connectivity index (χ2v) is 3.81. The zero-order valence-electron chi connectivity index (χ0n) is 9.78. The summed E-state index contributed by atoms with van der Waals surface area (Å²) in [6.45, 7) is 6.02. The molecule has 0 aromatic rings. The van der Waals surface area contributed by atoms with Crippen LogP contribution < -0.4 is 11.1 Å². The number of nitrogens with one attached hydrogen (secondary N) is 1. The summed E-state index contributed by atoms with van der Waals surface area (Å²) >= 11 is 0. The van der Waals surface area contributed by atoms with Crippen LogP contribution in [-0.4, -0.2) is 56.2 Å². The second-order valence-electron chi connectivity index (χ2n) is 3.81. The highest BCUT2D eigenvalue weighted by Gasteiger charge is 2.20. The molecule has 6 heteroatoms. The number of nitrogens with zero attached hydrogens (tertiary/aromatic N) is 1. The first-order valence-corrected chi connectivity index (χ1v) is 5.57. The third-order valence-corrected chi connectivity index (χ3v) is 2.43. The fourth-order valence-corrected chi connectivity index (χ4v) is 1.59. The molecule has 1 unspecified atom stereocenters. The number of amides is 1. The van der Waals surface area contributed by atoms with E-state index in [1.54, 1.807) is 0 Å². The number of carbonyl (C=O) groups excluding carboxylic acids is 1. The topological polar surface area (TPSA) is 67.6 Å². The molecule has 0 bridgehead atoms. The quantitative estimate of drug-likeness (QED) is 0.698. The van der Waals surface area contributed by atoms with Crippen molar-refractivity contribution in [2.24, 2.45) is 5.73 Å². The molecule has 0 aromatic heterocycles. The van der Waals surface area contributed by atoms with Gasteiger partial charge in [-0.25, -0.2) is 0 Å². The lowest BCUT2D eigenvalue weighted by molar-refractivity contribution is -0.124. The zero-order valence-corrected chi connectivity index (χ0v) is 10.6. The highest BCUT2D eigenvalue weighted by atomic mass is 35.5. The molecule has 1 aliphatic rings. The summed E-state index contributed by atoms with van der Waals surface area (Å²) in [6, 6.07) is 0. The van der Waals surface area contributed by atoms with E-state index in [4.69, 9.17) is 10.5 Å². The van der Waals surface area contributed by atoms with E-state index in [1.165, 1.54) is 0 Å². The average molecular weight is 252 g/mol. The largest absolute Gasteiger partial charge is 0.374 e. The third kappa shape index (κ3) is 5.65. The number of carbonyl (C=O) groups is 1. The molecular formula is C10H22ClN3O2. The van der Waals surface area contributed by atoms with E-state index in [2.05, 4.69) is 10.2 Å². The highest BCUT2D eigenvalue weighted by Crippen LogP contribution is 2.02. The summed E-state index contributed by atoms with van der Waals surface area (Å²) in [5.41, 5.74) is 5.52. The molecule has 0 spiro atoms. The number of ether oxygens (including phenoxy) is 1. The zero-order chi connectivity index (χ0) is 11.1. The predicted molar refractivity (Wildman–Crippen MR) is 65.8 cm³/mol. The Bertz CT molecular complexity index is 205. The summed E-state index contributed by atoms with van der Waals surface area (Å²) < 4.78 is 5.42. The molecule has 1 saturated heterocycles. The number of nitrogens with two attached hydrogens (primary N) is 1. The number of halogens is 1. The van der Waals surface area contributed by atoms with Gasteiger partial charge in [-0.05, 0) is 6.42 Å². The molecule has 1 amide bonds. The molecular weight excluding hydrogens is 230 g/mol. The van der Waals surface area contributed by atoms with Gasteiger partial charge in [0.25, 0.3) is 0 Å². The lowest BCUT2D eigenvalue weighted by Crippen LogP contribution is -2.49.